The number of aromatic nitrogens is 1. The van der Waals surface area contributed by atoms with Gasteiger partial charge >= 0.3 is 13.6 Å². The molecule has 0 spiro atoms. The summed E-state index contributed by atoms with van der Waals surface area (Å²) in [5, 5.41) is 8.93. The summed E-state index contributed by atoms with van der Waals surface area (Å²) in [4.78, 5) is 14.4. The van der Waals surface area contributed by atoms with Gasteiger partial charge in [-0.15, -0.1) is 0 Å². The van der Waals surface area contributed by atoms with Crippen molar-refractivity contribution in [2.75, 3.05) is 0 Å². The summed E-state index contributed by atoms with van der Waals surface area (Å²) in [6.07, 6.45) is -4.08. The van der Waals surface area contributed by atoms with Crippen molar-refractivity contribution >= 4 is 16.9 Å². The molecule has 2 aromatic rings. The van der Waals surface area contributed by atoms with Gasteiger partial charge in [0.25, 0.3) is 0 Å². The summed E-state index contributed by atoms with van der Waals surface area (Å²) in [5.74, 6) is -1.10. The SMILES string of the molecule is O=C(O)Cc1cccc2ncc(C(F)(F)F)cc12.[Cl-].[H+]. The molecule has 0 fully saturated rings. The molecule has 7 heteroatoms. The Morgan fingerprint density at radius 2 is 2.05 bits per heavy atom. The first-order valence-electron chi connectivity index (χ1n) is 5.04. The molecule has 102 valence electrons. The highest BCUT2D eigenvalue weighted by Crippen LogP contribution is 2.31. The number of carboxylic acids is 1. The van der Waals surface area contributed by atoms with E-state index in [2.05, 4.69) is 4.98 Å². The summed E-state index contributed by atoms with van der Waals surface area (Å²) >= 11 is 0. The number of hydrogen-bond acceptors (Lipinski definition) is 2. The van der Waals surface area contributed by atoms with Crippen LogP contribution >= 0.6 is 0 Å². The van der Waals surface area contributed by atoms with Crippen LogP contribution in [-0.2, 0) is 17.4 Å². The predicted molar refractivity (Wildman–Crippen MR) is 59.2 cm³/mol. The Morgan fingerprint density at radius 3 is 2.63 bits per heavy atom. The van der Waals surface area contributed by atoms with Crippen molar-refractivity contribution in [1.29, 1.82) is 0 Å². The lowest BCUT2D eigenvalue weighted by atomic mass is 10.0. The number of benzene rings is 1. The van der Waals surface area contributed by atoms with Crippen LogP contribution in [0.1, 0.15) is 12.6 Å². The standard InChI is InChI=1S/C12H8F3NO2.ClH/c13-12(14,15)8-5-9-7(4-11(17)18)2-1-3-10(9)16-6-8;/h1-3,5-6H,4H2,(H,17,18);1H. The van der Waals surface area contributed by atoms with Gasteiger partial charge in [-0.05, 0) is 17.7 Å². The highest BCUT2D eigenvalue weighted by molar-refractivity contribution is 5.86. The van der Waals surface area contributed by atoms with Gasteiger partial charge in [-0.2, -0.15) is 13.2 Å². The van der Waals surface area contributed by atoms with Crippen molar-refractivity contribution in [3.05, 3.63) is 41.6 Å². The van der Waals surface area contributed by atoms with Crippen LogP contribution in [0, 0.1) is 0 Å². The van der Waals surface area contributed by atoms with Crippen LogP contribution < -0.4 is 12.4 Å². The molecule has 1 heterocycles. The molecule has 0 saturated carbocycles. The Labute approximate surface area is 114 Å². The summed E-state index contributed by atoms with van der Waals surface area (Å²) in [6, 6.07) is 5.53. The maximum Gasteiger partial charge on any atom is 1.00 e. The quantitative estimate of drug-likeness (QED) is 0.847. The Hall–Kier alpha value is -1.82. The highest BCUT2D eigenvalue weighted by atomic mass is 35.5. The molecular formula is C12H9ClF3NO2. The molecule has 0 saturated heterocycles. The number of nitrogens with zero attached hydrogens (tertiary/aromatic N) is 1. The lowest BCUT2D eigenvalue weighted by molar-refractivity contribution is -0.138. The van der Waals surface area contributed by atoms with Crippen LogP contribution in [0.2, 0.25) is 0 Å². The number of halogens is 4. The maximum atomic E-state index is 12.6. The monoisotopic (exact) mass is 291 g/mol. The molecule has 0 aliphatic carbocycles. The lowest BCUT2D eigenvalue weighted by Gasteiger charge is -2.09. The van der Waals surface area contributed by atoms with Crippen molar-refractivity contribution in [1.82, 2.24) is 4.98 Å². The molecule has 2 rings (SSSR count). The first kappa shape index (κ1) is 15.2. The third-order valence-electron chi connectivity index (χ3n) is 2.48. The number of hydrogen-bond donors (Lipinski definition) is 1. The second kappa shape index (κ2) is 5.44. The normalized spacial score (nSPS) is 11.1. The Balaban J connectivity index is 0.00000180. The molecule has 19 heavy (non-hydrogen) atoms. The smallest absolute Gasteiger partial charge is 1.00 e. The summed E-state index contributed by atoms with van der Waals surface area (Å²) in [5.41, 5.74) is -0.215. The molecule has 0 radical (unpaired) electrons. The van der Waals surface area contributed by atoms with Gasteiger partial charge < -0.3 is 17.5 Å². The van der Waals surface area contributed by atoms with Crippen molar-refractivity contribution < 1.29 is 36.9 Å². The number of fused-ring (bicyclic) bond motifs is 1. The van der Waals surface area contributed by atoms with E-state index in [1.165, 1.54) is 6.07 Å². The summed E-state index contributed by atoms with van der Waals surface area (Å²) < 4.78 is 37.7. The molecule has 3 nitrogen and oxygen atoms in total. The van der Waals surface area contributed by atoms with Crippen molar-refractivity contribution in [2.24, 2.45) is 0 Å². The zero-order valence-corrected chi connectivity index (χ0v) is 10.2. The van der Waals surface area contributed by atoms with E-state index >= 15 is 0 Å². The van der Waals surface area contributed by atoms with Gasteiger partial charge in [-0.1, -0.05) is 12.1 Å². The number of pyridine rings is 1. The van der Waals surface area contributed by atoms with E-state index in [-0.39, 0.29) is 25.6 Å². The molecule has 0 atom stereocenters. The van der Waals surface area contributed by atoms with Gasteiger partial charge in [0.05, 0.1) is 17.5 Å². The van der Waals surface area contributed by atoms with Crippen LogP contribution in [0.3, 0.4) is 0 Å². The van der Waals surface area contributed by atoms with Gasteiger partial charge in [-0.25, -0.2) is 0 Å². The largest absolute Gasteiger partial charge is 1.00 e. The fourth-order valence-corrected chi connectivity index (χ4v) is 1.68. The molecule has 0 aliphatic rings. The molecule has 1 aromatic carbocycles. The van der Waals surface area contributed by atoms with Gasteiger partial charge in [-0.3, -0.25) is 9.78 Å². The third-order valence-corrected chi connectivity index (χ3v) is 2.48. The first-order valence-corrected chi connectivity index (χ1v) is 5.04. The minimum Gasteiger partial charge on any atom is -1.00 e. The molecular weight excluding hydrogens is 283 g/mol. The number of carbonyl (C=O) groups is 1. The van der Waals surface area contributed by atoms with Crippen LogP contribution in [0.15, 0.2) is 30.5 Å². The van der Waals surface area contributed by atoms with E-state index in [0.29, 0.717) is 11.1 Å². The lowest BCUT2D eigenvalue weighted by Crippen LogP contribution is -3.00. The predicted octanol–water partition coefficient (Wildman–Crippen LogP) is -0.00280. The van der Waals surface area contributed by atoms with Crippen molar-refractivity contribution in [2.45, 2.75) is 12.6 Å². The number of alkyl halides is 3. The first-order chi connectivity index (χ1) is 8.38. The average Bonchev–Trinajstić information content (AvgIpc) is 2.27. The molecule has 0 bridgehead atoms. The van der Waals surface area contributed by atoms with E-state index in [0.717, 1.165) is 12.3 Å². The van der Waals surface area contributed by atoms with Crippen molar-refractivity contribution in [3.63, 3.8) is 0 Å². The molecule has 0 amide bonds. The zero-order valence-electron chi connectivity index (χ0n) is 10.4. The van der Waals surface area contributed by atoms with Gasteiger partial charge in [0, 0.05) is 11.6 Å². The minimum atomic E-state index is -4.49. The molecule has 0 unspecified atom stereocenters. The van der Waals surface area contributed by atoms with Crippen LogP contribution in [-0.4, -0.2) is 16.1 Å². The summed E-state index contributed by atoms with van der Waals surface area (Å²) in [6.45, 7) is 0. The van der Waals surface area contributed by atoms with E-state index in [4.69, 9.17) is 5.11 Å². The Bertz CT molecular complexity index is 619. The van der Waals surface area contributed by atoms with E-state index < -0.39 is 17.7 Å². The second-order valence-corrected chi connectivity index (χ2v) is 3.78. The number of aliphatic carboxylic acids is 1. The van der Waals surface area contributed by atoms with Crippen LogP contribution in [0.25, 0.3) is 10.9 Å². The molecule has 1 N–H and O–H groups in total. The van der Waals surface area contributed by atoms with Gasteiger partial charge in [0.2, 0.25) is 0 Å². The van der Waals surface area contributed by atoms with E-state index in [1.807, 2.05) is 0 Å². The fourth-order valence-electron chi connectivity index (χ4n) is 1.68. The van der Waals surface area contributed by atoms with Crippen molar-refractivity contribution in [3.8, 4) is 0 Å². The van der Waals surface area contributed by atoms with Gasteiger partial charge in [0.1, 0.15) is 0 Å². The number of rotatable bonds is 2. The highest BCUT2D eigenvalue weighted by Gasteiger charge is 2.31. The average molecular weight is 292 g/mol. The fraction of sp³-hybridized carbons (Fsp3) is 0.167. The minimum absolute atomic E-state index is 0. The maximum absolute atomic E-state index is 12.6. The third kappa shape index (κ3) is 3.35. The summed E-state index contributed by atoms with van der Waals surface area (Å²) in [7, 11) is 0. The number of carboxylic acid groups (broad SMARTS) is 1. The van der Waals surface area contributed by atoms with Crippen LogP contribution in [0.5, 0.6) is 0 Å². The topological polar surface area (TPSA) is 50.2 Å². The van der Waals surface area contributed by atoms with E-state index in [9.17, 15) is 18.0 Å². The van der Waals surface area contributed by atoms with Gasteiger partial charge in [0.15, 0.2) is 0 Å². The molecule has 1 aromatic heterocycles. The zero-order chi connectivity index (χ0) is 13.3. The van der Waals surface area contributed by atoms with Crippen LogP contribution in [0.4, 0.5) is 13.2 Å². The van der Waals surface area contributed by atoms with E-state index in [1.54, 1.807) is 12.1 Å². The Morgan fingerprint density at radius 1 is 1.37 bits per heavy atom. The molecule has 0 aliphatic heterocycles. The second-order valence-electron chi connectivity index (χ2n) is 3.78. The Kier molecular flexibility index (Phi) is 4.36.